The molecule has 10 nitrogen and oxygen atoms in total. The van der Waals surface area contributed by atoms with Gasteiger partial charge in [-0.1, -0.05) is 24.0 Å². The molecule has 206 valence electrons. The van der Waals surface area contributed by atoms with E-state index in [2.05, 4.69) is 53.1 Å². The molecule has 41 heavy (non-hydrogen) atoms. The van der Waals surface area contributed by atoms with E-state index in [0.717, 1.165) is 16.7 Å². The highest BCUT2D eigenvalue weighted by molar-refractivity contribution is 9.10. The van der Waals surface area contributed by atoms with Crippen molar-refractivity contribution < 1.29 is 14.4 Å². The van der Waals surface area contributed by atoms with Crippen molar-refractivity contribution >= 4 is 50.2 Å². The molecule has 2 aliphatic rings. The van der Waals surface area contributed by atoms with E-state index in [9.17, 15) is 14.4 Å². The Morgan fingerprint density at radius 3 is 2.56 bits per heavy atom. The van der Waals surface area contributed by atoms with Crippen molar-refractivity contribution in [3.8, 4) is 23.0 Å². The first kappa shape index (κ1) is 26.8. The molecular formula is C30H26BrN7O3. The molecule has 3 atom stereocenters. The highest BCUT2D eigenvalue weighted by Gasteiger charge is 2.56. The first-order valence-electron chi connectivity index (χ1n) is 13.1. The van der Waals surface area contributed by atoms with Crippen LogP contribution in [0.2, 0.25) is 0 Å². The van der Waals surface area contributed by atoms with Gasteiger partial charge in [-0.2, -0.15) is 5.10 Å². The van der Waals surface area contributed by atoms with Crippen molar-refractivity contribution in [2.45, 2.75) is 52.7 Å². The maximum atomic E-state index is 13.9. The van der Waals surface area contributed by atoms with Gasteiger partial charge >= 0.3 is 0 Å². The van der Waals surface area contributed by atoms with Crippen LogP contribution in [-0.2, 0) is 16.1 Å². The molecule has 1 N–H and O–H groups in total. The molecular weight excluding hydrogens is 586 g/mol. The summed E-state index contributed by atoms with van der Waals surface area (Å²) < 4.78 is 2.12. The van der Waals surface area contributed by atoms with Crippen molar-refractivity contribution in [1.82, 2.24) is 29.6 Å². The van der Waals surface area contributed by atoms with E-state index in [1.165, 1.54) is 11.6 Å². The quantitative estimate of drug-likeness (QED) is 0.198. The Hall–Kier alpha value is -4.43. The van der Waals surface area contributed by atoms with Crippen molar-refractivity contribution in [2.24, 2.45) is 5.41 Å². The minimum absolute atomic E-state index is 0.150. The van der Waals surface area contributed by atoms with E-state index < -0.39 is 11.5 Å². The summed E-state index contributed by atoms with van der Waals surface area (Å²) >= 11 is 3.34. The van der Waals surface area contributed by atoms with Crippen LogP contribution < -0.4 is 5.32 Å². The number of Topliss-reactive ketones (excluding diaryl/α,β-unsaturated/α-hetero) is 1. The van der Waals surface area contributed by atoms with E-state index in [4.69, 9.17) is 0 Å². The topological polar surface area (TPSA) is 123 Å². The number of carbonyl (C=O) groups excluding carboxylic acids is 3. The number of anilines is 1. The fourth-order valence-corrected chi connectivity index (χ4v) is 5.77. The summed E-state index contributed by atoms with van der Waals surface area (Å²) in [6.45, 7) is 6.94. The summed E-state index contributed by atoms with van der Waals surface area (Å²) in [5.41, 5.74) is 2.87. The van der Waals surface area contributed by atoms with Crippen LogP contribution in [-0.4, -0.2) is 59.3 Å². The Bertz CT molecular complexity index is 1820. The zero-order chi connectivity index (χ0) is 29.1. The SMILES string of the molecule is CC(=O)c1nn(CC(=O)N2[C@H](C(=O)Nc3nc(Br)ccc3C)C[C@@]3(C)C#C[C@@H]23)c2ccc(-c3cnc(C)nc3)cc12. The predicted molar refractivity (Wildman–Crippen MR) is 156 cm³/mol. The van der Waals surface area contributed by atoms with E-state index >= 15 is 0 Å². The number of likely N-dealkylation sites (tertiary alicyclic amines) is 1. The second-order valence-electron chi connectivity index (χ2n) is 10.7. The summed E-state index contributed by atoms with van der Waals surface area (Å²) in [5, 5.41) is 8.05. The zero-order valence-corrected chi connectivity index (χ0v) is 24.5. The molecule has 0 unspecified atom stereocenters. The Morgan fingerprint density at radius 2 is 1.88 bits per heavy atom. The summed E-state index contributed by atoms with van der Waals surface area (Å²) in [6, 6.07) is 8.10. The number of pyridine rings is 1. The van der Waals surface area contributed by atoms with Crippen molar-refractivity contribution in [3.05, 3.63) is 64.4 Å². The van der Waals surface area contributed by atoms with Gasteiger partial charge in [-0.25, -0.2) is 15.0 Å². The van der Waals surface area contributed by atoms with Gasteiger partial charge in [-0.3, -0.25) is 19.1 Å². The third-order valence-electron chi connectivity index (χ3n) is 7.71. The average molecular weight is 612 g/mol. The van der Waals surface area contributed by atoms with Crippen LogP contribution >= 0.6 is 15.9 Å². The molecule has 11 heteroatoms. The van der Waals surface area contributed by atoms with Crippen molar-refractivity contribution in [3.63, 3.8) is 0 Å². The van der Waals surface area contributed by atoms with Crippen molar-refractivity contribution in [2.75, 3.05) is 5.32 Å². The number of rotatable bonds is 6. The molecule has 0 saturated carbocycles. The van der Waals surface area contributed by atoms with E-state index in [0.29, 0.717) is 33.6 Å². The van der Waals surface area contributed by atoms with Crippen LogP contribution in [0.15, 0.2) is 47.3 Å². The van der Waals surface area contributed by atoms with Crippen LogP contribution in [0.4, 0.5) is 5.82 Å². The molecule has 1 fully saturated rings. The minimum atomic E-state index is -0.748. The van der Waals surface area contributed by atoms with Crippen LogP contribution in [0.5, 0.6) is 0 Å². The lowest BCUT2D eigenvalue weighted by molar-refractivity contribution is -0.138. The second kappa shape index (κ2) is 9.89. The summed E-state index contributed by atoms with van der Waals surface area (Å²) in [7, 11) is 0. The van der Waals surface area contributed by atoms with Crippen LogP contribution in [0.1, 0.15) is 42.1 Å². The molecule has 1 aliphatic heterocycles. The summed E-state index contributed by atoms with van der Waals surface area (Å²) in [4.78, 5) is 54.4. The van der Waals surface area contributed by atoms with Gasteiger partial charge in [-0.15, -0.1) is 0 Å². The molecule has 1 aliphatic carbocycles. The monoisotopic (exact) mass is 611 g/mol. The number of aryl methyl sites for hydroxylation is 2. The maximum Gasteiger partial charge on any atom is 0.248 e. The third-order valence-corrected chi connectivity index (χ3v) is 8.15. The van der Waals surface area contributed by atoms with E-state index in [1.807, 2.05) is 45.0 Å². The normalized spacial score (nSPS) is 20.7. The summed E-state index contributed by atoms with van der Waals surface area (Å²) in [6.07, 6.45) is 3.87. The lowest BCUT2D eigenvalue weighted by Crippen LogP contribution is -2.50. The molecule has 0 bridgehead atoms. The Kier molecular flexibility index (Phi) is 6.46. The van der Waals surface area contributed by atoms with Crippen molar-refractivity contribution in [1.29, 1.82) is 0 Å². The lowest BCUT2D eigenvalue weighted by atomic mass is 9.76. The van der Waals surface area contributed by atoms with E-state index in [1.54, 1.807) is 23.4 Å². The smallest absolute Gasteiger partial charge is 0.248 e. The van der Waals surface area contributed by atoms with Gasteiger partial charge in [0.2, 0.25) is 11.8 Å². The minimum Gasteiger partial charge on any atom is -0.314 e. The number of hydrogen-bond acceptors (Lipinski definition) is 7. The molecule has 1 aromatic carbocycles. The summed E-state index contributed by atoms with van der Waals surface area (Å²) in [5.74, 6) is 6.48. The van der Waals surface area contributed by atoms with Gasteiger partial charge in [0.25, 0.3) is 0 Å². The standard InChI is InChI=1S/C30H26BrN7O3/c1-16-5-8-25(31)34-28(16)35-29(41)23-12-30(4)10-9-24(30)38(23)26(40)15-37-22-7-6-19(20-13-32-18(3)33-14-20)11-21(22)27(36-37)17(2)39/h5-8,11,13-14,23-24H,12,15H2,1-4H3,(H,34,35,41)/t23-,24+,30+/m0/s1. The van der Waals surface area contributed by atoms with Gasteiger partial charge in [0.1, 0.15) is 40.6 Å². The van der Waals surface area contributed by atoms with E-state index in [-0.39, 0.29) is 35.9 Å². The molecule has 4 heterocycles. The number of nitrogens with zero attached hydrogens (tertiary/aromatic N) is 6. The number of benzene rings is 1. The molecule has 4 aromatic rings. The zero-order valence-electron chi connectivity index (χ0n) is 22.9. The first-order valence-corrected chi connectivity index (χ1v) is 13.9. The number of halogens is 1. The van der Waals surface area contributed by atoms with Crippen LogP contribution in [0.25, 0.3) is 22.0 Å². The molecule has 1 saturated heterocycles. The Labute approximate surface area is 244 Å². The predicted octanol–water partition coefficient (Wildman–Crippen LogP) is 4.10. The highest BCUT2D eigenvalue weighted by Crippen LogP contribution is 2.45. The fraction of sp³-hybridized carbons (Fsp3) is 0.300. The number of fused-ring (bicyclic) bond motifs is 2. The van der Waals surface area contributed by atoms with Gasteiger partial charge < -0.3 is 10.2 Å². The Balaban J connectivity index is 1.31. The molecule has 0 radical (unpaired) electrons. The molecule has 2 amide bonds. The average Bonchev–Trinajstić information content (AvgIpc) is 3.39. The molecule has 0 spiro atoms. The number of hydrogen-bond donors (Lipinski definition) is 1. The number of carbonyl (C=O) groups is 3. The first-order chi connectivity index (χ1) is 19.5. The van der Waals surface area contributed by atoms with Crippen LogP contribution in [0, 0.1) is 31.1 Å². The van der Waals surface area contributed by atoms with Gasteiger partial charge in [0.15, 0.2) is 5.78 Å². The Morgan fingerprint density at radius 1 is 1.12 bits per heavy atom. The van der Waals surface area contributed by atoms with Gasteiger partial charge in [-0.05, 0) is 72.4 Å². The van der Waals surface area contributed by atoms with Gasteiger partial charge in [0, 0.05) is 30.3 Å². The third kappa shape index (κ3) is 4.68. The largest absolute Gasteiger partial charge is 0.314 e. The maximum absolute atomic E-state index is 13.9. The number of aromatic nitrogens is 5. The number of amides is 2. The van der Waals surface area contributed by atoms with Gasteiger partial charge in [0.05, 0.1) is 10.9 Å². The number of nitrogens with one attached hydrogen (secondary N) is 1. The second-order valence-corrected chi connectivity index (χ2v) is 11.5. The molecule has 3 aromatic heterocycles. The molecule has 6 rings (SSSR count). The highest BCUT2D eigenvalue weighted by atomic mass is 79.9. The van der Waals surface area contributed by atoms with Crippen LogP contribution in [0.3, 0.4) is 0 Å². The lowest BCUT2D eigenvalue weighted by Gasteiger charge is -2.34. The fourth-order valence-electron chi connectivity index (χ4n) is 5.46. The number of ketones is 1.